The number of alkyl halides is 1. The van der Waals surface area contributed by atoms with E-state index in [4.69, 9.17) is 16.3 Å². The predicted molar refractivity (Wildman–Crippen MR) is 76.4 cm³/mol. The molecule has 1 saturated heterocycles. The van der Waals surface area contributed by atoms with Gasteiger partial charge in [-0.1, -0.05) is 6.92 Å². The van der Waals surface area contributed by atoms with Crippen molar-refractivity contribution in [2.24, 2.45) is 0 Å². The Bertz CT molecular complexity index is 526. The van der Waals surface area contributed by atoms with E-state index in [1.54, 1.807) is 4.68 Å². The van der Waals surface area contributed by atoms with E-state index in [9.17, 15) is 8.42 Å². The van der Waals surface area contributed by atoms with Crippen LogP contribution in [0.2, 0.25) is 0 Å². The van der Waals surface area contributed by atoms with Crippen LogP contribution in [0.4, 0.5) is 0 Å². The second-order valence-corrected chi connectivity index (χ2v) is 7.03. The number of hydrogen-bond donors (Lipinski definition) is 0. The number of likely N-dealkylation sites (N-methyl/N-ethyl adjacent to an activating group) is 1. The summed E-state index contributed by atoms with van der Waals surface area (Å²) in [6.07, 6.45) is 4.81. The van der Waals surface area contributed by atoms with Crippen LogP contribution in [-0.4, -0.2) is 54.2 Å². The molecule has 114 valence electrons. The molecular formula is C12H20ClN3O3S. The van der Waals surface area contributed by atoms with Gasteiger partial charge in [-0.2, -0.15) is 9.40 Å². The highest BCUT2D eigenvalue weighted by Crippen LogP contribution is 2.19. The fraction of sp³-hybridized carbons (Fsp3) is 0.750. The minimum atomic E-state index is -3.51. The zero-order valence-corrected chi connectivity index (χ0v) is 13.1. The maximum atomic E-state index is 12.6. The highest BCUT2D eigenvalue weighted by atomic mass is 35.5. The summed E-state index contributed by atoms with van der Waals surface area (Å²) in [6, 6.07) is 0. The summed E-state index contributed by atoms with van der Waals surface area (Å²) in [7, 11) is -3.51. The lowest BCUT2D eigenvalue weighted by Crippen LogP contribution is -2.37. The van der Waals surface area contributed by atoms with Crippen LogP contribution in [-0.2, 0) is 21.3 Å². The summed E-state index contributed by atoms with van der Waals surface area (Å²) in [5.74, 6) is 0.397. The second-order valence-electron chi connectivity index (χ2n) is 4.72. The number of rotatable bonds is 7. The summed E-state index contributed by atoms with van der Waals surface area (Å²) in [5, 5.41) is 4.02. The lowest BCUT2D eigenvalue weighted by atomic mass is 10.2. The lowest BCUT2D eigenvalue weighted by Gasteiger charge is -2.22. The molecule has 0 radical (unpaired) electrons. The molecule has 1 aliphatic rings. The fourth-order valence-electron chi connectivity index (χ4n) is 2.25. The molecule has 0 spiro atoms. The molecule has 6 nitrogen and oxygen atoms in total. The van der Waals surface area contributed by atoms with Crippen molar-refractivity contribution in [3.8, 4) is 0 Å². The van der Waals surface area contributed by atoms with E-state index in [0.29, 0.717) is 25.5 Å². The Morgan fingerprint density at radius 2 is 2.40 bits per heavy atom. The second kappa shape index (κ2) is 6.89. The van der Waals surface area contributed by atoms with Crippen LogP contribution >= 0.6 is 11.6 Å². The molecule has 0 N–H and O–H groups in total. The van der Waals surface area contributed by atoms with Crippen LogP contribution in [0.25, 0.3) is 0 Å². The average Bonchev–Trinajstić information content (AvgIpc) is 3.07. The van der Waals surface area contributed by atoms with Gasteiger partial charge in [0.05, 0.1) is 18.8 Å². The zero-order valence-electron chi connectivity index (χ0n) is 11.5. The molecule has 1 aromatic rings. The van der Waals surface area contributed by atoms with E-state index in [-0.39, 0.29) is 11.0 Å². The van der Waals surface area contributed by atoms with Crippen molar-refractivity contribution in [2.75, 3.05) is 25.6 Å². The SMILES string of the molecule is CCN(CC1CCCO1)S(=O)(=O)c1cnn(CCCl)c1. The highest BCUT2D eigenvalue weighted by molar-refractivity contribution is 7.89. The van der Waals surface area contributed by atoms with Gasteiger partial charge in [-0.25, -0.2) is 8.42 Å². The van der Waals surface area contributed by atoms with Gasteiger partial charge in [-0.15, -0.1) is 11.6 Å². The summed E-state index contributed by atoms with van der Waals surface area (Å²) in [4.78, 5) is 0.211. The maximum Gasteiger partial charge on any atom is 0.246 e. The maximum absolute atomic E-state index is 12.6. The average molecular weight is 322 g/mol. The Balaban J connectivity index is 2.12. The normalized spacial score (nSPS) is 19.9. The van der Waals surface area contributed by atoms with E-state index < -0.39 is 10.0 Å². The van der Waals surface area contributed by atoms with Gasteiger partial charge in [0.2, 0.25) is 10.0 Å². The van der Waals surface area contributed by atoms with E-state index in [2.05, 4.69) is 5.10 Å². The van der Waals surface area contributed by atoms with Crippen LogP contribution in [0, 0.1) is 0 Å². The molecule has 2 rings (SSSR count). The van der Waals surface area contributed by atoms with Crippen molar-refractivity contribution in [1.82, 2.24) is 14.1 Å². The first-order chi connectivity index (χ1) is 9.57. The fourth-order valence-corrected chi connectivity index (χ4v) is 3.86. The Hall–Kier alpha value is -0.630. The van der Waals surface area contributed by atoms with Gasteiger partial charge in [-0.05, 0) is 12.8 Å². The summed E-state index contributed by atoms with van der Waals surface area (Å²) in [6.45, 7) is 3.86. The highest BCUT2D eigenvalue weighted by Gasteiger charge is 2.28. The van der Waals surface area contributed by atoms with Crippen LogP contribution < -0.4 is 0 Å². The first-order valence-electron chi connectivity index (χ1n) is 6.78. The quantitative estimate of drug-likeness (QED) is 0.710. The van der Waals surface area contributed by atoms with Crippen LogP contribution in [0.15, 0.2) is 17.3 Å². The van der Waals surface area contributed by atoms with Crippen molar-refractivity contribution >= 4 is 21.6 Å². The third-order valence-electron chi connectivity index (χ3n) is 3.34. The predicted octanol–water partition coefficient (Wildman–Crippen LogP) is 1.31. The Morgan fingerprint density at radius 1 is 1.60 bits per heavy atom. The molecule has 0 saturated carbocycles. The van der Waals surface area contributed by atoms with E-state index >= 15 is 0 Å². The largest absolute Gasteiger partial charge is 0.377 e. The third-order valence-corrected chi connectivity index (χ3v) is 5.41. The van der Waals surface area contributed by atoms with E-state index in [1.165, 1.54) is 16.7 Å². The summed E-state index contributed by atoms with van der Waals surface area (Å²) < 4.78 is 33.6. The van der Waals surface area contributed by atoms with Crippen molar-refractivity contribution < 1.29 is 13.2 Å². The molecule has 8 heteroatoms. The van der Waals surface area contributed by atoms with Crippen LogP contribution in [0.1, 0.15) is 19.8 Å². The summed E-state index contributed by atoms with van der Waals surface area (Å²) in [5.41, 5.74) is 0. The van der Waals surface area contributed by atoms with Crippen LogP contribution in [0.3, 0.4) is 0 Å². The number of nitrogens with zero attached hydrogens (tertiary/aromatic N) is 3. The molecule has 0 amide bonds. The van der Waals surface area contributed by atoms with Gasteiger partial charge in [-0.3, -0.25) is 4.68 Å². The van der Waals surface area contributed by atoms with E-state index in [1.807, 2.05) is 6.92 Å². The first-order valence-corrected chi connectivity index (χ1v) is 8.75. The molecule has 0 bridgehead atoms. The van der Waals surface area contributed by atoms with Gasteiger partial charge in [0.25, 0.3) is 0 Å². The number of aromatic nitrogens is 2. The number of aryl methyl sites for hydroxylation is 1. The number of sulfonamides is 1. The summed E-state index contributed by atoms with van der Waals surface area (Å²) >= 11 is 5.63. The number of hydrogen-bond acceptors (Lipinski definition) is 4. The first kappa shape index (κ1) is 15.8. The molecule has 20 heavy (non-hydrogen) atoms. The molecule has 2 heterocycles. The monoisotopic (exact) mass is 321 g/mol. The molecule has 0 aliphatic carbocycles. The minimum absolute atomic E-state index is 0.00242. The van der Waals surface area contributed by atoms with Crippen LogP contribution in [0.5, 0.6) is 0 Å². The Morgan fingerprint density at radius 3 is 3.00 bits per heavy atom. The van der Waals surface area contributed by atoms with Gasteiger partial charge in [0, 0.05) is 31.8 Å². The molecule has 0 aromatic carbocycles. The number of halogens is 1. The molecule has 1 aromatic heterocycles. The third kappa shape index (κ3) is 3.52. The molecule has 1 atom stereocenters. The smallest absolute Gasteiger partial charge is 0.246 e. The standard InChI is InChI=1S/C12H20ClN3O3S/c1-2-16(9-11-4-3-7-19-11)20(17,18)12-8-14-15(10-12)6-5-13/h8,10-11H,2-7,9H2,1H3. The van der Waals surface area contributed by atoms with Crippen molar-refractivity contribution in [3.63, 3.8) is 0 Å². The Labute approximate surface area is 124 Å². The molecule has 1 aliphatic heterocycles. The van der Waals surface area contributed by atoms with Gasteiger partial charge in [0.1, 0.15) is 4.90 Å². The lowest BCUT2D eigenvalue weighted by molar-refractivity contribution is 0.0947. The molecular weight excluding hydrogens is 302 g/mol. The molecule has 1 unspecified atom stereocenters. The van der Waals surface area contributed by atoms with Crippen molar-refractivity contribution in [2.45, 2.75) is 37.3 Å². The zero-order chi connectivity index (χ0) is 14.6. The Kier molecular flexibility index (Phi) is 5.42. The van der Waals surface area contributed by atoms with E-state index in [0.717, 1.165) is 19.4 Å². The van der Waals surface area contributed by atoms with Crippen molar-refractivity contribution in [1.29, 1.82) is 0 Å². The van der Waals surface area contributed by atoms with Gasteiger partial charge >= 0.3 is 0 Å². The van der Waals surface area contributed by atoms with Crippen molar-refractivity contribution in [3.05, 3.63) is 12.4 Å². The number of ether oxygens (including phenoxy) is 1. The topological polar surface area (TPSA) is 64.4 Å². The van der Waals surface area contributed by atoms with Gasteiger partial charge in [0.15, 0.2) is 0 Å². The van der Waals surface area contributed by atoms with Gasteiger partial charge < -0.3 is 4.74 Å². The molecule has 1 fully saturated rings. The minimum Gasteiger partial charge on any atom is -0.377 e.